The lowest BCUT2D eigenvalue weighted by atomic mass is 10.1. The molecule has 6 heteroatoms. The molecule has 100 valence electrons. The van der Waals surface area contributed by atoms with E-state index in [1.807, 2.05) is 0 Å². The molecule has 6 nitrogen and oxygen atoms in total. The molecule has 1 aliphatic rings. The SMILES string of the molecule is CC(C(=O)n1ccnc1)N1C(=O)c2ccccc2C1=O. The van der Waals surface area contributed by atoms with Crippen LogP contribution in [0.3, 0.4) is 0 Å². The van der Waals surface area contributed by atoms with Crippen LogP contribution in [0.25, 0.3) is 0 Å². The Morgan fingerprint density at radius 2 is 1.75 bits per heavy atom. The quantitative estimate of drug-likeness (QED) is 0.768. The van der Waals surface area contributed by atoms with Gasteiger partial charge >= 0.3 is 0 Å². The van der Waals surface area contributed by atoms with Gasteiger partial charge in [-0.2, -0.15) is 0 Å². The average molecular weight is 269 g/mol. The second-order valence-electron chi connectivity index (χ2n) is 4.51. The van der Waals surface area contributed by atoms with E-state index >= 15 is 0 Å². The van der Waals surface area contributed by atoms with Gasteiger partial charge in [0.2, 0.25) is 0 Å². The molecule has 0 spiro atoms. The van der Waals surface area contributed by atoms with Gasteiger partial charge in [0.05, 0.1) is 11.1 Å². The molecular weight excluding hydrogens is 258 g/mol. The van der Waals surface area contributed by atoms with Crippen LogP contribution >= 0.6 is 0 Å². The lowest BCUT2D eigenvalue weighted by Gasteiger charge is -2.21. The van der Waals surface area contributed by atoms with E-state index in [1.165, 1.54) is 30.2 Å². The van der Waals surface area contributed by atoms with Gasteiger partial charge in [0.15, 0.2) is 0 Å². The summed E-state index contributed by atoms with van der Waals surface area (Å²) >= 11 is 0. The molecule has 2 heterocycles. The van der Waals surface area contributed by atoms with Crippen LogP contribution in [0, 0.1) is 0 Å². The highest BCUT2D eigenvalue weighted by atomic mass is 16.2. The highest BCUT2D eigenvalue weighted by Crippen LogP contribution is 2.24. The number of benzene rings is 1. The molecule has 0 radical (unpaired) electrons. The first-order valence-electron chi connectivity index (χ1n) is 6.10. The average Bonchev–Trinajstić information content (AvgIpc) is 3.07. The molecule has 20 heavy (non-hydrogen) atoms. The molecule has 0 aliphatic carbocycles. The van der Waals surface area contributed by atoms with Crippen LogP contribution in [-0.4, -0.2) is 38.2 Å². The van der Waals surface area contributed by atoms with Gasteiger partial charge in [-0.3, -0.25) is 23.9 Å². The predicted molar refractivity (Wildman–Crippen MR) is 69.3 cm³/mol. The number of fused-ring (bicyclic) bond motifs is 1. The fourth-order valence-corrected chi connectivity index (χ4v) is 2.28. The van der Waals surface area contributed by atoms with Crippen molar-refractivity contribution in [1.82, 2.24) is 14.5 Å². The summed E-state index contributed by atoms with van der Waals surface area (Å²) in [6.07, 6.45) is 4.29. The number of imidazole rings is 1. The minimum absolute atomic E-state index is 0.336. The van der Waals surface area contributed by atoms with Crippen LogP contribution < -0.4 is 0 Å². The number of nitrogens with zero attached hydrogens (tertiary/aromatic N) is 3. The monoisotopic (exact) mass is 269 g/mol. The predicted octanol–water partition coefficient (Wildman–Crippen LogP) is 1.21. The molecule has 1 unspecified atom stereocenters. The fourth-order valence-electron chi connectivity index (χ4n) is 2.28. The van der Waals surface area contributed by atoms with Crippen LogP contribution in [0.2, 0.25) is 0 Å². The minimum Gasteiger partial charge on any atom is -0.275 e. The molecule has 0 fully saturated rings. The van der Waals surface area contributed by atoms with E-state index < -0.39 is 17.9 Å². The number of imide groups is 1. The zero-order valence-corrected chi connectivity index (χ0v) is 10.7. The highest BCUT2D eigenvalue weighted by molar-refractivity contribution is 6.22. The molecule has 0 bridgehead atoms. The molecule has 0 saturated carbocycles. The number of hydrogen-bond acceptors (Lipinski definition) is 4. The molecule has 1 aliphatic heterocycles. The van der Waals surface area contributed by atoms with Gasteiger partial charge in [-0.25, -0.2) is 4.98 Å². The third-order valence-corrected chi connectivity index (χ3v) is 3.33. The summed E-state index contributed by atoms with van der Waals surface area (Å²) in [7, 11) is 0. The maximum atomic E-state index is 12.3. The van der Waals surface area contributed by atoms with Gasteiger partial charge in [0.25, 0.3) is 17.7 Å². The first-order valence-corrected chi connectivity index (χ1v) is 6.10. The number of aromatic nitrogens is 2. The summed E-state index contributed by atoms with van der Waals surface area (Å²) in [5, 5.41) is 0. The van der Waals surface area contributed by atoms with E-state index in [9.17, 15) is 14.4 Å². The van der Waals surface area contributed by atoms with Crippen molar-refractivity contribution in [3.8, 4) is 0 Å². The van der Waals surface area contributed by atoms with Crippen molar-refractivity contribution < 1.29 is 14.4 Å². The zero-order chi connectivity index (χ0) is 14.3. The topological polar surface area (TPSA) is 72.3 Å². The largest absolute Gasteiger partial charge is 0.275 e. The van der Waals surface area contributed by atoms with Crippen molar-refractivity contribution in [3.63, 3.8) is 0 Å². The maximum Gasteiger partial charge on any atom is 0.262 e. The fraction of sp³-hybridized carbons (Fsp3) is 0.143. The van der Waals surface area contributed by atoms with E-state index in [1.54, 1.807) is 24.3 Å². The summed E-state index contributed by atoms with van der Waals surface area (Å²) in [6.45, 7) is 1.53. The van der Waals surface area contributed by atoms with E-state index in [4.69, 9.17) is 0 Å². The van der Waals surface area contributed by atoms with Crippen molar-refractivity contribution in [2.75, 3.05) is 0 Å². The highest BCUT2D eigenvalue weighted by Gasteiger charge is 2.40. The van der Waals surface area contributed by atoms with Crippen LogP contribution in [0.4, 0.5) is 0 Å². The Kier molecular flexibility index (Phi) is 2.71. The van der Waals surface area contributed by atoms with Crippen molar-refractivity contribution in [1.29, 1.82) is 0 Å². The van der Waals surface area contributed by atoms with E-state index in [-0.39, 0.29) is 5.91 Å². The number of carbonyl (C=O) groups is 3. The molecule has 1 aromatic carbocycles. The Balaban J connectivity index is 1.95. The third kappa shape index (κ3) is 1.65. The molecule has 0 saturated heterocycles. The van der Waals surface area contributed by atoms with E-state index in [0.29, 0.717) is 11.1 Å². The lowest BCUT2D eigenvalue weighted by Crippen LogP contribution is -2.44. The molecule has 0 N–H and O–H groups in total. The Morgan fingerprint density at radius 1 is 1.15 bits per heavy atom. The first kappa shape index (κ1) is 12.3. The molecular formula is C14H11N3O3. The normalized spacial score (nSPS) is 15.3. The number of carbonyl (C=O) groups excluding carboxylic acids is 3. The second kappa shape index (κ2) is 4.41. The van der Waals surface area contributed by atoms with Crippen molar-refractivity contribution >= 4 is 17.7 Å². The molecule has 3 rings (SSSR count). The number of rotatable bonds is 2. The molecule has 2 amide bonds. The Labute approximate surface area is 114 Å². The van der Waals surface area contributed by atoms with Gasteiger partial charge in [-0.1, -0.05) is 12.1 Å². The van der Waals surface area contributed by atoms with E-state index in [0.717, 1.165) is 4.90 Å². The second-order valence-corrected chi connectivity index (χ2v) is 4.51. The smallest absolute Gasteiger partial charge is 0.262 e. The third-order valence-electron chi connectivity index (χ3n) is 3.33. The molecule has 1 aromatic heterocycles. The first-order chi connectivity index (χ1) is 9.61. The number of hydrogen-bond donors (Lipinski definition) is 0. The van der Waals surface area contributed by atoms with Gasteiger partial charge in [-0.05, 0) is 19.1 Å². The summed E-state index contributed by atoms with van der Waals surface area (Å²) in [4.78, 5) is 41.5. The molecule has 1 atom stereocenters. The van der Waals surface area contributed by atoms with Gasteiger partial charge in [0, 0.05) is 12.4 Å². The maximum absolute atomic E-state index is 12.3. The lowest BCUT2D eigenvalue weighted by molar-refractivity contribution is 0.0529. The van der Waals surface area contributed by atoms with Crippen molar-refractivity contribution in [2.45, 2.75) is 13.0 Å². The van der Waals surface area contributed by atoms with E-state index in [2.05, 4.69) is 4.98 Å². The van der Waals surface area contributed by atoms with Crippen LogP contribution in [0.1, 0.15) is 32.4 Å². The Morgan fingerprint density at radius 3 is 2.25 bits per heavy atom. The van der Waals surface area contributed by atoms with Crippen LogP contribution in [0.5, 0.6) is 0 Å². The zero-order valence-electron chi connectivity index (χ0n) is 10.7. The van der Waals surface area contributed by atoms with Crippen molar-refractivity contribution in [2.24, 2.45) is 0 Å². The van der Waals surface area contributed by atoms with Crippen LogP contribution in [-0.2, 0) is 0 Å². The van der Waals surface area contributed by atoms with Gasteiger partial charge in [0.1, 0.15) is 12.4 Å². The summed E-state index contributed by atoms with van der Waals surface area (Å²) in [5.41, 5.74) is 0.672. The Hall–Kier alpha value is -2.76. The van der Waals surface area contributed by atoms with Gasteiger partial charge in [-0.15, -0.1) is 0 Å². The minimum atomic E-state index is -0.878. The van der Waals surface area contributed by atoms with Crippen LogP contribution in [0.15, 0.2) is 43.0 Å². The summed E-state index contributed by atoms with van der Waals surface area (Å²) in [6, 6.07) is 5.68. The standard InChI is InChI=1S/C14H11N3O3/c1-9(12(18)16-7-6-15-8-16)17-13(19)10-4-2-3-5-11(10)14(17)20/h2-9H,1H3. The molecule has 2 aromatic rings. The number of amides is 2. The summed E-state index contributed by atoms with van der Waals surface area (Å²) in [5.74, 6) is -1.25. The summed E-state index contributed by atoms with van der Waals surface area (Å²) < 4.78 is 1.26. The Bertz CT molecular complexity index is 671. The van der Waals surface area contributed by atoms with Gasteiger partial charge < -0.3 is 0 Å². The van der Waals surface area contributed by atoms with Crippen molar-refractivity contribution in [3.05, 3.63) is 54.1 Å².